The molecule has 0 saturated heterocycles. The Morgan fingerprint density at radius 2 is 2.00 bits per heavy atom. The Bertz CT molecular complexity index is 406. The number of rotatable bonds is 2. The molecule has 1 unspecified atom stereocenters. The Kier molecular flexibility index (Phi) is 3.38. The maximum absolute atomic E-state index is 11.4. The molecule has 0 N–H and O–H groups in total. The van der Waals surface area contributed by atoms with Gasteiger partial charge in [-0.1, -0.05) is 36.4 Å². The van der Waals surface area contributed by atoms with E-state index in [-0.39, 0.29) is 6.10 Å². The lowest BCUT2D eigenvalue weighted by molar-refractivity contribution is 0.0768. The highest BCUT2D eigenvalue weighted by Gasteiger charge is 2.13. The van der Waals surface area contributed by atoms with Crippen molar-refractivity contribution in [3.05, 3.63) is 54.6 Å². The zero-order valence-electron chi connectivity index (χ0n) is 8.71. The Morgan fingerprint density at radius 3 is 2.69 bits per heavy atom. The second-order valence-corrected chi connectivity index (χ2v) is 3.37. The number of para-hydroxylation sites is 1. The molecule has 3 nitrogen and oxygen atoms in total. The first kappa shape index (κ1) is 10.5. The van der Waals surface area contributed by atoms with Crippen molar-refractivity contribution in [3.63, 3.8) is 0 Å². The van der Waals surface area contributed by atoms with E-state index in [4.69, 9.17) is 9.47 Å². The fourth-order valence-corrected chi connectivity index (χ4v) is 1.38. The van der Waals surface area contributed by atoms with E-state index < -0.39 is 6.16 Å². The number of hydrogen-bond acceptors (Lipinski definition) is 3. The van der Waals surface area contributed by atoms with Crippen molar-refractivity contribution in [1.82, 2.24) is 0 Å². The molecule has 0 aliphatic heterocycles. The van der Waals surface area contributed by atoms with Crippen LogP contribution in [0, 0.1) is 0 Å². The first-order chi connectivity index (χ1) is 7.84. The average Bonchev–Trinajstić information content (AvgIpc) is 2.31. The van der Waals surface area contributed by atoms with Crippen molar-refractivity contribution >= 4 is 6.16 Å². The third kappa shape index (κ3) is 2.98. The van der Waals surface area contributed by atoms with E-state index in [2.05, 4.69) is 0 Å². The summed E-state index contributed by atoms with van der Waals surface area (Å²) in [6, 6.07) is 8.86. The standard InChI is InChI=1S/C13H12O3/c14-13(15-11-7-3-1-4-8-11)16-12-9-5-2-6-10-12/h1-9,12H,10H2. The van der Waals surface area contributed by atoms with Gasteiger partial charge in [0.1, 0.15) is 11.9 Å². The molecule has 16 heavy (non-hydrogen) atoms. The van der Waals surface area contributed by atoms with Gasteiger partial charge in [0.25, 0.3) is 0 Å². The van der Waals surface area contributed by atoms with Gasteiger partial charge in [-0.2, -0.15) is 0 Å². The lowest BCUT2D eigenvalue weighted by Crippen LogP contribution is -2.19. The smallest absolute Gasteiger partial charge is 0.426 e. The van der Waals surface area contributed by atoms with Gasteiger partial charge in [-0.3, -0.25) is 0 Å². The van der Waals surface area contributed by atoms with Gasteiger partial charge in [0.15, 0.2) is 0 Å². The van der Waals surface area contributed by atoms with Gasteiger partial charge in [0, 0.05) is 6.42 Å². The average molecular weight is 216 g/mol. The summed E-state index contributed by atoms with van der Waals surface area (Å²) in [5.41, 5.74) is 0. The summed E-state index contributed by atoms with van der Waals surface area (Å²) in [4.78, 5) is 11.4. The van der Waals surface area contributed by atoms with E-state index >= 15 is 0 Å². The zero-order chi connectivity index (χ0) is 11.2. The number of ether oxygens (including phenoxy) is 2. The quantitative estimate of drug-likeness (QED) is 0.563. The molecule has 3 heteroatoms. The van der Waals surface area contributed by atoms with E-state index in [0.717, 1.165) is 0 Å². The number of allylic oxidation sites excluding steroid dienone is 2. The summed E-state index contributed by atoms with van der Waals surface area (Å²) in [5.74, 6) is 0.489. The van der Waals surface area contributed by atoms with Crippen LogP contribution in [0.15, 0.2) is 54.6 Å². The summed E-state index contributed by atoms with van der Waals surface area (Å²) in [5, 5.41) is 0. The first-order valence-electron chi connectivity index (χ1n) is 5.11. The van der Waals surface area contributed by atoms with Gasteiger partial charge in [-0.25, -0.2) is 4.79 Å². The van der Waals surface area contributed by atoms with E-state index in [1.165, 1.54) is 0 Å². The zero-order valence-corrected chi connectivity index (χ0v) is 8.71. The minimum Gasteiger partial charge on any atom is -0.426 e. The van der Waals surface area contributed by atoms with E-state index in [9.17, 15) is 4.79 Å². The SMILES string of the molecule is O=C(Oc1ccccc1)OC1C=CC=CC1. The summed E-state index contributed by atoms with van der Waals surface area (Å²) in [6.45, 7) is 0. The van der Waals surface area contributed by atoms with Crippen LogP contribution in [0.5, 0.6) is 5.75 Å². The molecule has 0 bridgehead atoms. The molecule has 1 aliphatic carbocycles. The Balaban J connectivity index is 1.85. The van der Waals surface area contributed by atoms with Crippen LogP contribution < -0.4 is 4.74 Å². The van der Waals surface area contributed by atoms with Crippen LogP contribution in [-0.4, -0.2) is 12.3 Å². The highest BCUT2D eigenvalue weighted by atomic mass is 16.7. The predicted molar refractivity (Wildman–Crippen MR) is 60.2 cm³/mol. The molecule has 0 aromatic heterocycles. The number of carbonyl (C=O) groups excluding carboxylic acids is 1. The number of hydrogen-bond donors (Lipinski definition) is 0. The van der Waals surface area contributed by atoms with Crippen molar-refractivity contribution in [1.29, 1.82) is 0 Å². The molecular weight excluding hydrogens is 204 g/mol. The lowest BCUT2D eigenvalue weighted by atomic mass is 10.1. The maximum atomic E-state index is 11.4. The topological polar surface area (TPSA) is 35.5 Å². The molecule has 1 aliphatic rings. The summed E-state index contributed by atoms with van der Waals surface area (Å²) >= 11 is 0. The van der Waals surface area contributed by atoms with Gasteiger partial charge in [0.2, 0.25) is 0 Å². The molecule has 82 valence electrons. The summed E-state index contributed by atoms with van der Waals surface area (Å²) in [6.07, 6.45) is 7.34. The molecule has 1 aromatic rings. The second-order valence-electron chi connectivity index (χ2n) is 3.37. The molecular formula is C13H12O3. The minimum atomic E-state index is -0.670. The van der Waals surface area contributed by atoms with Crippen molar-refractivity contribution in [2.45, 2.75) is 12.5 Å². The fraction of sp³-hybridized carbons (Fsp3) is 0.154. The van der Waals surface area contributed by atoms with Crippen LogP contribution in [0.2, 0.25) is 0 Å². The Hall–Kier alpha value is -2.03. The third-order valence-corrected chi connectivity index (χ3v) is 2.13. The normalized spacial score (nSPS) is 18.1. The molecule has 2 rings (SSSR count). The fourth-order valence-electron chi connectivity index (χ4n) is 1.38. The predicted octanol–water partition coefficient (Wildman–Crippen LogP) is 3.09. The number of benzene rings is 1. The molecule has 0 spiro atoms. The van der Waals surface area contributed by atoms with Crippen molar-refractivity contribution in [3.8, 4) is 5.75 Å². The van der Waals surface area contributed by atoms with Crippen LogP contribution in [0.4, 0.5) is 4.79 Å². The Morgan fingerprint density at radius 1 is 1.19 bits per heavy atom. The molecule has 0 amide bonds. The molecule has 1 aromatic carbocycles. The van der Waals surface area contributed by atoms with Crippen molar-refractivity contribution in [2.75, 3.05) is 0 Å². The van der Waals surface area contributed by atoms with Crippen LogP contribution >= 0.6 is 0 Å². The molecule has 0 saturated carbocycles. The van der Waals surface area contributed by atoms with Crippen molar-refractivity contribution < 1.29 is 14.3 Å². The third-order valence-electron chi connectivity index (χ3n) is 2.13. The van der Waals surface area contributed by atoms with Crippen LogP contribution in [0.1, 0.15) is 6.42 Å². The van der Waals surface area contributed by atoms with Gasteiger partial charge < -0.3 is 9.47 Å². The molecule has 0 fully saturated rings. The van der Waals surface area contributed by atoms with Crippen LogP contribution in [0.3, 0.4) is 0 Å². The number of carbonyl (C=O) groups is 1. The van der Waals surface area contributed by atoms with Gasteiger partial charge in [-0.15, -0.1) is 0 Å². The van der Waals surface area contributed by atoms with E-state index in [1.807, 2.05) is 30.4 Å². The summed E-state index contributed by atoms with van der Waals surface area (Å²) < 4.78 is 10.1. The largest absolute Gasteiger partial charge is 0.514 e. The maximum Gasteiger partial charge on any atom is 0.514 e. The second kappa shape index (κ2) is 5.16. The minimum absolute atomic E-state index is 0.221. The van der Waals surface area contributed by atoms with E-state index in [1.54, 1.807) is 24.3 Å². The molecule has 0 heterocycles. The molecule has 0 radical (unpaired) electrons. The summed E-state index contributed by atoms with van der Waals surface area (Å²) in [7, 11) is 0. The van der Waals surface area contributed by atoms with Gasteiger partial charge >= 0.3 is 6.16 Å². The highest BCUT2D eigenvalue weighted by molar-refractivity contribution is 5.64. The molecule has 1 atom stereocenters. The van der Waals surface area contributed by atoms with Gasteiger partial charge in [0.05, 0.1) is 0 Å². The highest BCUT2D eigenvalue weighted by Crippen LogP contribution is 2.12. The monoisotopic (exact) mass is 216 g/mol. The first-order valence-corrected chi connectivity index (χ1v) is 5.11. The lowest BCUT2D eigenvalue weighted by Gasteiger charge is -2.13. The van der Waals surface area contributed by atoms with Crippen LogP contribution in [-0.2, 0) is 4.74 Å². The van der Waals surface area contributed by atoms with Crippen molar-refractivity contribution in [2.24, 2.45) is 0 Å². The van der Waals surface area contributed by atoms with Gasteiger partial charge in [-0.05, 0) is 18.2 Å². The van der Waals surface area contributed by atoms with E-state index in [0.29, 0.717) is 12.2 Å². The van der Waals surface area contributed by atoms with Crippen LogP contribution in [0.25, 0.3) is 0 Å². The Labute approximate surface area is 94.0 Å².